The van der Waals surface area contributed by atoms with Crippen molar-refractivity contribution in [3.63, 3.8) is 0 Å². The number of Topliss-reactive ketones (excluding diaryl/α,β-unsaturated/α-hetero) is 1. The Morgan fingerprint density at radius 3 is 2.28 bits per heavy atom. The van der Waals surface area contributed by atoms with Crippen molar-refractivity contribution in [3.05, 3.63) is 57.8 Å². The molecule has 0 unspecified atom stereocenters. The fourth-order valence-electron chi connectivity index (χ4n) is 1.83. The van der Waals surface area contributed by atoms with Gasteiger partial charge in [0.1, 0.15) is 0 Å². The molecule has 2 aromatic rings. The molecule has 0 amide bonds. The van der Waals surface area contributed by atoms with Gasteiger partial charge in [0.25, 0.3) is 0 Å². The number of rotatable bonds is 3. The van der Waals surface area contributed by atoms with Crippen LogP contribution in [0.15, 0.2) is 41.8 Å². The molecule has 0 atom stereocenters. The lowest BCUT2D eigenvalue weighted by Crippen LogP contribution is -2.11. The second kappa shape index (κ2) is 5.07. The zero-order chi connectivity index (χ0) is 13.2. The van der Waals surface area contributed by atoms with Crippen LogP contribution < -0.4 is 0 Å². The molecule has 0 bridgehead atoms. The smallest absolute Gasteiger partial charge is 0.177 e. The van der Waals surface area contributed by atoms with E-state index in [0.717, 1.165) is 10.4 Å². The highest BCUT2D eigenvalue weighted by atomic mass is 32.1. The maximum atomic E-state index is 12.0. The van der Waals surface area contributed by atoms with E-state index in [4.69, 9.17) is 0 Å². The van der Waals surface area contributed by atoms with Crippen LogP contribution in [-0.2, 0) is 11.8 Å². The predicted molar refractivity (Wildman–Crippen MR) is 77.5 cm³/mol. The van der Waals surface area contributed by atoms with E-state index >= 15 is 0 Å². The van der Waals surface area contributed by atoms with E-state index < -0.39 is 0 Å². The van der Waals surface area contributed by atoms with Crippen LogP contribution in [0.3, 0.4) is 0 Å². The summed E-state index contributed by atoms with van der Waals surface area (Å²) in [6.07, 6.45) is 0.491. The molecule has 1 heterocycles. The molecule has 2 rings (SSSR count). The molecular formula is C16H18OS. The zero-order valence-corrected chi connectivity index (χ0v) is 11.9. The van der Waals surface area contributed by atoms with Crippen LogP contribution in [0, 0.1) is 0 Å². The molecule has 0 saturated heterocycles. The largest absolute Gasteiger partial charge is 0.293 e. The van der Waals surface area contributed by atoms with E-state index in [1.165, 1.54) is 16.9 Å². The van der Waals surface area contributed by atoms with Gasteiger partial charge < -0.3 is 0 Å². The zero-order valence-electron chi connectivity index (χ0n) is 11.1. The fraction of sp³-hybridized carbons (Fsp3) is 0.312. The Kier molecular flexibility index (Phi) is 3.67. The first-order valence-corrected chi connectivity index (χ1v) is 7.01. The molecule has 1 aromatic carbocycles. The van der Waals surface area contributed by atoms with Gasteiger partial charge in [0.15, 0.2) is 5.78 Å². The van der Waals surface area contributed by atoms with Crippen LogP contribution in [0.4, 0.5) is 0 Å². The molecule has 2 heteroatoms. The van der Waals surface area contributed by atoms with Gasteiger partial charge in [-0.25, -0.2) is 0 Å². The molecule has 1 nitrogen and oxygen atoms in total. The average molecular weight is 258 g/mol. The molecule has 0 radical (unpaired) electrons. The van der Waals surface area contributed by atoms with Gasteiger partial charge in [-0.2, -0.15) is 0 Å². The van der Waals surface area contributed by atoms with Crippen molar-refractivity contribution in [1.29, 1.82) is 0 Å². The SMILES string of the molecule is CC(C)(C)c1ccc(CC(=O)c2cccs2)cc1. The van der Waals surface area contributed by atoms with Gasteiger partial charge in [-0.1, -0.05) is 51.1 Å². The molecule has 0 saturated carbocycles. The van der Waals surface area contributed by atoms with Crippen molar-refractivity contribution >= 4 is 17.1 Å². The van der Waals surface area contributed by atoms with Crippen LogP contribution in [0.5, 0.6) is 0 Å². The van der Waals surface area contributed by atoms with Crippen molar-refractivity contribution in [2.45, 2.75) is 32.6 Å². The second-order valence-electron chi connectivity index (χ2n) is 5.52. The molecule has 0 aliphatic rings. The monoisotopic (exact) mass is 258 g/mol. The minimum atomic E-state index is 0.163. The van der Waals surface area contributed by atoms with E-state index in [2.05, 4.69) is 45.0 Å². The first-order chi connectivity index (χ1) is 8.47. The molecule has 0 spiro atoms. The third kappa shape index (κ3) is 3.08. The van der Waals surface area contributed by atoms with Gasteiger partial charge in [-0.05, 0) is 28.0 Å². The highest BCUT2D eigenvalue weighted by Crippen LogP contribution is 2.22. The maximum Gasteiger partial charge on any atom is 0.177 e. The Labute approximate surface area is 112 Å². The van der Waals surface area contributed by atoms with Crippen molar-refractivity contribution in [1.82, 2.24) is 0 Å². The third-order valence-corrected chi connectivity index (χ3v) is 3.89. The van der Waals surface area contributed by atoms with Crippen molar-refractivity contribution in [2.75, 3.05) is 0 Å². The quantitative estimate of drug-likeness (QED) is 0.742. The average Bonchev–Trinajstić information content (AvgIpc) is 2.82. The summed E-state index contributed by atoms with van der Waals surface area (Å²) in [6, 6.07) is 12.2. The molecule has 0 fully saturated rings. The first kappa shape index (κ1) is 13.0. The van der Waals surface area contributed by atoms with Gasteiger partial charge >= 0.3 is 0 Å². The molecule has 0 N–H and O–H groups in total. The number of thiophene rings is 1. The van der Waals surface area contributed by atoms with E-state index in [9.17, 15) is 4.79 Å². The topological polar surface area (TPSA) is 17.1 Å². The summed E-state index contributed by atoms with van der Waals surface area (Å²) in [5.74, 6) is 0.202. The summed E-state index contributed by atoms with van der Waals surface area (Å²) in [5.41, 5.74) is 2.55. The highest BCUT2D eigenvalue weighted by molar-refractivity contribution is 7.12. The number of ketones is 1. The number of hydrogen-bond donors (Lipinski definition) is 0. The maximum absolute atomic E-state index is 12.0. The summed E-state index contributed by atoms with van der Waals surface area (Å²) >= 11 is 1.51. The van der Waals surface area contributed by atoms with Crippen LogP contribution >= 0.6 is 11.3 Å². The predicted octanol–water partition coefficient (Wildman–Crippen LogP) is 4.47. The normalized spacial score (nSPS) is 11.5. The number of hydrogen-bond acceptors (Lipinski definition) is 2. The summed E-state index contributed by atoms with van der Waals surface area (Å²) < 4.78 is 0. The lowest BCUT2D eigenvalue weighted by molar-refractivity contribution is 0.0997. The minimum absolute atomic E-state index is 0.163. The van der Waals surface area contributed by atoms with E-state index in [-0.39, 0.29) is 11.2 Å². The van der Waals surface area contributed by atoms with Gasteiger partial charge in [0.05, 0.1) is 4.88 Å². The van der Waals surface area contributed by atoms with E-state index in [1.807, 2.05) is 17.5 Å². The van der Waals surface area contributed by atoms with Gasteiger partial charge in [0.2, 0.25) is 0 Å². The minimum Gasteiger partial charge on any atom is -0.293 e. The standard InChI is InChI=1S/C16H18OS/c1-16(2,3)13-8-6-12(7-9-13)11-14(17)15-5-4-10-18-15/h4-10H,11H2,1-3H3. The Morgan fingerprint density at radius 1 is 1.11 bits per heavy atom. The van der Waals surface area contributed by atoms with E-state index in [1.54, 1.807) is 0 Å². The van der Waals surface area contributed by atoms with Crippen LogP contribution in [0.25, 0.3) is 0 Å². The van der Waals surface area contributed by atoms with Crippen molar-refractivity contribution < 1.29 is 4.79 Å². The van der Waals surface area contributed by atoms with E-state index in [0.29, 0.717) is 6.42 Å². The molecular weight excluding hydrogens is 240 g/mol. The number of carbonyl (C=O) groups excluding carboxylic acids is 1. The van der Waals surface area contributed by atoms with Crippen LogP contribution in [0.2, 0.25) is 0 Å². The van der Waals surface area contributed by atoms with Gasteiger partial charge in [-0.15, -0.1) is 11.3 Å². The van der Waals surface area contributed by atoms with Crippen molar-refractivity contribution in [2.24, 2.45) is 0 Å². The Morgan fingerprint density at radius 2 is 1.78 bits per heavy atom. The van der Waals surface area contributed by atoms with Gasteiger partial charge in [-0.3, -0.25) is 4.79 Å². The molecule has 0 aliphatic carbocycles. The summed E-state index contributed by atoms with van der Waals surface area (Å²) in [7, 11) is 0. The molecule has 0 aliphatic heterocycles. The number of carbonyl (C=O) groups is 1. The van der Waals surface area contributed by atoms with Crippen LogP contribution in [0.1, 0.15) is 41.6 Å². The molecule has 94 valence electrons. The molecule has 1 aromatic heterocycles. The van der Waals surface area contributed by atoms with Crippen LogP contribution in [-0.4, -0.2) is 5.78 Å². The summed E-state index contributed by atoms with van der Waals surface area (Å²) in [4.78, 5) is 12.8. The number of benzene rings is 1. The van der Waals surface area contributed by atoms with Gasteiger partial charge in [0, 0.05) is 6.42 Å². The first-order valence-electron chi connectivity index (χ1n) is 6.13. The fourth-order valence-corrected chi connectivity index (χ4v) is 2.50. The summed E-state index contributed by atoms with van der Waals surface area (Å²) in [6.45, 7) is 6.58. The lowest BCUT2D eigenvalue weighted by atomic mass is 9.86. The Hall–Kier alpha value is -1.41. The molecule has 18 heavy (non-hydrogen) atoms. The Bertz CT molecular complexity index is 515. The summed E-state index contributed by atoms with van der Waals surface area (Å²) in [5, 5.41) is 1.94. The highest BCUT2D eigenvalue weighted by Gasteiger charge is 2.13. The third-order valence-electron chi connectivity index (χ3n) is 2.98. The second-order valence-corrected chi connectivity index (χ2v) is 6.47. The lowest BCUT2D eigenvalue weighted by Gasteiger charge is -2.19. The van der Waals surface area contributed by atoms with Crippen molar-refractivity contribution in [3.8, 4) is 0 Å². The Balaban J connectivity index is 2.09.